The van der Waals surface area contributed by atoms with Crippen molar-refractivity contribution in [1.82, 2.24) is 10.3 Å². The number of hydrogen-bond acceptors (Lipinski definition) is 5. The number of aliphatic hydroxyl groups excluding tert-OH is 1. The number of amides is 1. The molecule has 2 aromatic rings. The SMILES string of the molecule is CS(=N)(=O)c1ccc(-c2ccc(C(O)C(CF)NC(=O)C(F)F)cc2)cn1. The lowest BCUT2D eigenvalue weighted by molar-refractivity contribution is -0.133. The molecule has 2 rings (SSSR count). The van der Waals surface area contributed by atoms with Gasteiger partial charge in [-0.25, -0.2) is 18.4 Å². The maximum atomic E-state index is 13.0. The first kappa shape index (κ1) is 20.8. The highest BCUT2D eigenvalue weighted by Crippen LogP contribution is 2.24. The van der Waals surface area contributed by atoms with Crippen molar-refractivity contribution in [3.05, 3.63) is 48.2 Å². The number of pyridine rings is 1. The monoisotopic (exact) mass is 401 g/mol. The summed E-state index contributed by atoms with van der Waals surface area (Å²) in [5.74, 6) is -1.65. The van der Waals surface area contributed by atoms with E-state index in [1.54, 1.807) is 23.5 Å². The fourth-order valence-corrected chi connectivity index (χ4v) is 2.92. The Hall–Kier alpha value is -2.46. The van der Waals surface area contributed by atoms with Gasteiger partial charge < -0.3 is 10.4 Å². The highest BCUT2D eigenvalue weighted by Gasteiger charge is 2.26. The molecule has 1 heterocycles. The van der Waals surface area contributed by atoms with Crippen LogP contribution in [0.4, 0.5) is 13.2 Å². The number of aromatic nitrogens is 1. The van der Waals surface area contributed by atoms with E-state index in [4.69, 9.17) is 4.78 Å². The molecule has 0 saturated carbocycles. The largest absolute Gasteiger partial charge is 0.386 e. The number of nitrogens with zero attached hydrogens (tertiary/aromatic N) is 1. The predicted octanol–water partition coefficient (Wildman–Crippen LogP) is 2.54. The molecule has 3 unspecified atom stereocenters. The van der Waals surface area contributed by atoms with Crippen LogP contribution in [0.25, 0.3) is 11.1 Å². The molecule has 0 radical (unpaired) electrons. The van der Waals surface area contributed by atoms with Crippen molar-refractivity contribution in [3.63, 3.8) is 0 Å². The molecule has 1 amide bonds. The zero-order valence-electron chi connectivity index (χ0n) is 14.2. The predicted molar refractivity (Wildman–Crippen MR) is 93.6 cm³/mol. The normalized spacial score (nSPS) is 15.8. The number of rotatable bonds is 7. The molecule has 1 aromatic heterocycles. The quantitative estimate of drug-likeness (QED) is 0.663. The number of hydrogen-bond donors (Lipinski definition) is 3. The molecule has 0 aliphatic rings. The second kappa shape index (κ2) is 8.49. The molecule has 27 heavy (non-hydrogen) atoms. The lowest BCUT2D eigenvalue weighted by Gasteiger charge is -2.22. The van der Waals surface area contributed by atoms with Gasteiger partial charge >= 0.3 is 6.43 Å². The Balaban J connectivity index is 2.17. The molecule has 10 heteroatoms. The topological polar surface area (TPSA) is 103 Å². The van der Waals surface area contributed by atoms with Gasteiger partial charge in [0.1, 0.15) is 17.8 Å². The van der Waals surface area contributed by atoms with Crippen LogP contribution in [-0.4, -0.2) is 45.6 Å². The number of carbonyl (C=O) groups is 1. The summed E-state index contributed by atoms with van der Waals surface area (Å²) in [6.45, 7) is -1.21. The van der Waals surface area contributed by atoms with Crippen LogP contribution >= 0.6 is 0 Å². The average molecular weight is 401 g/mol. The number of halogens is 3. The second-order valence-corrected chi connectivity index (χ2v) is 7.97. The van der Waals surface area contributed by atoms with E-state index in [9.17, 15) is 27.3 Å². The van der Waals surface area contributed by atoms with Gasteiger partial charge in [0.15, 0.2) is 0 Å². The fourth-order valence-electron chi connectivity index (χ4n) is 2.33. The summed E-state index contributed by atoms with van der Waals surface area (Å²) in [5.41, 5.74) is 1.59. The minimum Gasteiger partial charge on any atom is -0.386 e. The van der Waals surface area contributed by atoms with Crippen molar-refractivity contribution < 1.29 is 27.3 Å². The highest BCUT2D eigenvalue weighted by molar-refractivity contribution is 7.91. The third-order valence-electron chi connectivity index (χ3n) is 3.79. The van der Waals surface area contributed by atoms with Gasteiger partial charge in [0.25, 0.3) is 5.91 Å². The van der Waals surface area contributed by atoms with Crippen LogP contribution in [0.1, 0.15) is 11.7 Å². The lowest BCUT2D eigenvalue weighted by Crippen LogP contribution is -2.43. The van der Waals surface area contributed by atoms with Crippen LogP contribution in [-0.2, 0) is 14.5 Å². The first-order valence-corrected chi connectivity index (χ1v) is 9.73. The standard InChI is InChI=1S/C17H18F3N3O3S/c1-27(21,26)14-7-6-12(9-22-14)10-2-4-11(5-3-10)15(24)13(8-18)23-17(25)16(19)20/h2-7,9,13,15-16,21,24H,8H2,1H3,(H,23,25). The van der Waals surface area contributed by atoms with E-state index in [2.05, 4.69) is 4.98 Å². The van der Waals surface area contributed by atoms with E-state index < -0.39 is 40.9 Å². The molecule has 0 bridgehead atoms. The third kappa shape index (κ3) is 5.27. The summed E-state index contributed by atoms with van der Waals surface area (Å²) >= 11 is 0. The minimum absolute atomic E-state index is 0.152. The van der Waals surface area contributed by atoms with Crippen LogP contribution in [0.3, 0.4) is 0 Å². The first-order valence-electron chi connectivity index (χ1n) is 7.76. The van der Waals surface area contributed by atoms with Gasteiger partial charge in [0, 0.05) is 18.0 Å². The second-order valence-electron chi connectivity index (χ2n) is 5.87. The molecule has 6 nitrogen and oxygen atoms in total. The maximum Gasteiger partial charge on any atom is 0.315 e. The molecule has 1 aromatic carbocycles. The van der Waals surface area contributed by atoms with E-state index in [1.807, 2.05) is 0 Å². The zero-order chi connectivity index (χ0) is 20.2. The molecule has 0 saturated heterocycles. The number of carbonyl (C=O) groups excluding carboxylic acids is 1. The van der Waals surface area contributed by atoms with Gasteiger partial charge in [-0.05, 0) is 17.2 Å². The summed E-state index contributed by atoms with van der Waals surface area (Å²) in [5, 5.41) is 12.0. The Morgan fingerprint density at radius 3 is 2.26 bits per heavy atom. The molecule has 0 spiro atoms. The van der Waals surface area contributed by atoms with Gasteiger partial charge in [-0.15, -0.1) is 0 Å². The van der Waals surface area contributed by atoms with Crippen LogP contribution < -0.4 is 5.32 Å². The van der Waals surface area contributed by atoms with Crippen molar-refractivity contribution in [2.45, 2.75) is 23.6 Å². The minimum atomic E-state index is -3.30. The molecule has 3 atom stereocenters. The number of aliphatic hydroxyl groups is 1. The zero-order valence-corrected chi connectivity index (χ0v) is 15.1. The van der Waals surface area contributed by atoms with Crippen molar-refractivity contribution in [1.29, 1.82) is 4.78 Å². The Bertz CT molecular complexity index is 888. The van der Waals surface area contributed by atoms with Gasteiger partial charge in [0.05, 0.1) is 15.8 Å². The van der Waals surface area contributed by atoms with Gasteiger partial charge in [-0.1, -0.05) is 30.3 Å². The molecule has 146 valence electrons. The molecule has 0 fully saturated rings. The lowest BCUT2D eigenvalue weighted by atomic mass is 9.99. The Kier molecular flexibility index (Phi) is 6.55. The van der Waals surface area contributed by atoms with E-state index in [0.29, 0.717) is 11.1 Å². The summed E-state index contributed by atoms with van der Waals surface area (Å²) in [4.78, 5) is 15.0. The molecule has 3 N–H and O–H groups in total. The summed E-state index contributed by atoms with van der Waals surface area (Å²) in [6.07, 6.45) is -2.09. The molecular weight excluding hydrogens is 383 g/mol. The van der Waals surface area contributed by atoms with Crippen molar-refractivity contribution in [2.24, 2.45) is 0 Å². The maximum absolute atomic E-state index is 13.0. The van der Waals surface area contributed by atoms with Crippen LogP contribution in [0.2, 0.25) is 0 Å². The highest BCUT2D eigenvalue weighted by atomic mass is 32.2. The van der Waals surface area contributed by atoms with Gasteiger partial charge in [0.2, 0.25) is 0 Å². The molecular formula is C17H18F3N3O3S. The summed E-state index contributed by atoms with van der Waals surface area (Å²) in [6, 6.07) is 7.77. The number of alkyl halides is 3. The average Bonchev–Trinajstić information content (AvgIpc) is 2.64. The van der Waals surface area contributed by atoms with E-state index >= 15 is 0 Å². The van der Waals surface area contributed by atoms with E-state index in [1.165, 1.54) is 30.7 Å². The Morgan fingerprint density at radius 1 is 1.22 bits per heavy atom. The fraction of sp³-hybridized carbons (Fsp3) is 0.294. The van der Waals surface area contributed by atoms with E-state index in [-0.39, 0.29) is 10.6 Å². The van der Waals surface area contributed by atoms with Crippen molar-refractivity contribution >= 4 is 15.6 Å². The molecule has 0 aliphatic heterocycles. The number of benzene rings is 1. The van der Waals surface area contributed by atoms with Crippen LogP contribution in [0.15, 0.2) is 47.6 Å². The molecule has 0 aliphatic carbocycles. The van der Waals surface area contributed by atoms with Crippen LogP contribution in [0, 0.1) is 4.78 Å². The van der Waals surface area contributed by atoms with Crippen molar-refractivity contribution in [3.8, 4) is 11.1 Å². The smallest absolute Gasteiger partial charge is 0.315 e. The number of nitrogens with one attached hydrogen (secondary N) is 2. The van der Waals surface area contributed by atoms with Gasteiger partial charge in [-0.2, -0.15) is 8.78 Å². The Labute approximate surface area is 154 Å². The van der Waals surface area contributed by atoms with Crippen molar-refractivity contribution in [2.75, 3.05) is 12.9 Å². The summed E-state index contributed by atoms with van der Waals surface area (Å²) < 4.78 is 56.7. The Morgan fingerprint density at radius 2 is 1.81 bits per heavy atom. The van der Waals surface area contributed by atoms with Crippen LogP contribution in [0.5, 0.6) is 0 Å². The van der Waals surface area contributed by atoms with E-state index in [0.717, 1.165) is 0 Å². The van der Waals surface area contributed by atoms with Gasteiger partial charge in [-0.3, -0.25) is 4.79 Å². The first-order chi connectivity index (χ1) is 12.6. The third-order valence-corrected chi connectivity index (χ3v) is 4.83. The summed E-state index contributed by atoms with van der Waals surface area (Å²) in [7, 11) is -2.92.